The first-order chi connectivity index (χ1) is 10.8. The van der Waals surface area contributed by atoms with Gasteiger partial charge in [-0.2, -0.15) is 0 Å². The van der Waals surface area contributed by atoms with Crippen LogP contribution in [0.2, 0.25) is 0 Å². The van der Waals surface area contributed by atoms with Gasteiger partial charge in [0.2, 0.25) is 0 Å². The van der Waals surface area contributed by atoms with E-state index in [0.717, 1.165) is 11.3 Å². The lowest BCUT2D eigenvalue weighted by Gasteiger charge is -2.25. The molecular weight excluding hydrogens is 294 g/mol. The number of ether oxygens (including phenoxy) is 2. The summed E-state index contributed by atoms with van der Waals surface area (Å²) in [6, 6.07) is 5.96. The summed E-state index contributed by atoms with van der Waals surface area (Å²) in [6.45, 7) is 11.9. The van der Waals surface area contributed by atoms with E-state index in [0.29, 0.717) is 31.4 Å². The molecular formula is C18H29NO4. The van der Waals surface area contributed by atoms with Crippen molar-refractivity contribution in [3.8, 4) is 11.5 Å². The molecule has 5 heteroatoms. The molecule has 1 rings (SSSR count). The van der Waals surface area contributed by atoms with Crippen LogP contribution in [0.4, 0.5) is 0 Å². The molecule has 5 nitrogen and oxygen atoms in total. The van der Waals surface area contributed by atoms with E-state index in [1.165, 1.54) is 0 Å². The van der Waals surface area contributed by atoms with Crippen LogP contribution in [0.15, 0.2) is 18.2 Å². The number of carboxylic acid groups (broad SMARTS) is 1. The molecule has 1 aromatic rings. The average molecular weight is 323 g/mol. The number of benzene rings is 1. The highest BCUT2D eigenvalue weighted by Gasteiger charge is 2.15. The molecule has 0 amide bonds. The summed E-state index contributed by atoms with van der Waals surface area (Å²) in [5.74, 6) is 1.07. The maximum atomic E-state index is 11.0. The van der Waals surface area contributed by atoms with Crippen LogP contribution in [0, 0.1) is 5.92 Å². The van der Waals surface area contributed by atoms with Crippen LogP contribution in [0.3, 0.4) is 0 Å². The van der Waals surface area contributed by atoms with Gasteiger partial charge in [-0.05, 0) is 44.4 Å². The minimum Gasteiger partial charge on any atom is -0.490 e. The molecule has 0 spiro atoms. The summed E-state index contributed by atoms with van der Waals surface area (Å²) >= 11 is 0. The molecule has 0 aliphatic rings. The molecule has 0 heterocycles. The summed E-state index contributed by atoms with van der Waals surface area (Å²) in [5, 5.41) is 9.03. The molecule has 0 aliphatic carbocycles. The lowest BCUT2D eigenvalue weighted by atomic mass is 10.1. The van der Waals surface area contributed by atoms with Crippen molar-refractivity contribution in [3.05, 3.63) is 23.8 Å². The topological polar surface area (TPSA) is 59.0 Å². The summed E-state index contributed by atoms with van der Waals surface area (Å²) in [4.78, 5) is 12.9. The third-order valence-corrected chi connectivity index (χ3v) is 3.33. The van der Waals surface area contributed by atoms with E-state index in [1.54, 1.807) is 0 Å². The molecule has 0 atom stereocenters. The number of carbonyl (C=O) groups is 1. The van der Waals surface area contributed by atoms with Crippen LogP contribution < -0.4 is 9.47 Å². The van der Waals surface area contributed by atoms with E-state index in [9.17, 15) is 4.79 Å². The van der Waals surface area contributed by atoms with Crippen LogP contribution in [0.1, 0.15) is 40.2 Å². The lowest BCUT2D eigenvalue weighted by molar-refractivity contribution is -0.138. The molecule has 0 bridgehead atoms. The fourth-order valence-electron chi connectivity index (χ4n) is 2.12. The highest BCUT2D eigenvalue weighted by molar-refractivity contribution is 5.69. The van der Waals surface area contributed by atoms with Crippen molar-refractivity contribution in [2.24, 2.45) is 5.92 Å². The average Bonchev–Trinajstić information content (AvgIpc) is 2.45. The minimum atomic E-state index is -0.819. The van der Waals surface area contributed by atoms with Crippen LogP contribution in [0.25, 0.3) is 0 Å². The molecule has 0 unspecified atom stereocenters. The fraction of sp³-hybridized carbons (Fsp3) is 0.611. The maximum Gasteiger partial charge on any atom is 0.317 e. The van der Waals surface area contributed by atoms with E-state index < -0.39 is 5.97 Å². The second-order valence-electron chi connectivity index (χ2n) is 6.31. The van der Waals surface area contributed by atoms with Crippen molar-refractivity contribution >= 4 is 5.97 Å². The Balaban J connectivity index is 2.90. The second-order valence-corrected chi connectivity index (χ2v) is 6.31. The Morgan fingerprint density at radius 3 is 2.39 bits per heavy atom. The number of hydrogen-bond acceptors (Lipinski definition) is 4. The highest BCUT2D eigenvalue weighted by Crippen LogP contribution is 2.29. The van der Waals surface area contributed by atoms with Crippen molar-refractivity contribution < 1.29 is 19.4 Å². The standard InChI is InChI=1S/C18H29NO4/c1-6-22-17-9-15(7-8-16(17)23-12-13(2)3)10-19(14(4)5)11-18(20)21/h7-9,13-14H,6,10-12H2,1-5H3,(H,20,21). The van der Waals surface area contributed by atoms with E-state index in [2.05, 4.69) is 13.8 Å². The normalized spacial score (nSPS) is 11.3. The zero-order chi connectivity index (χ0) is 17.4. The SMILES string of the molecule is CCOc1cc(CN(CC(=O)O)C(C)C)ccc1OCC(C)C. The third-order valence-electron chi connectivity index (χ3n) is 3.33. The Labute approximate surface area is 139 Å². The number of carboxylic acids is 1. The maximum absolute atomic E-state index is 11.0. The van der Waals surface area contributed by atoms with Crippen molar-refractivity contribution in [1.29, 1.82) is 0 Å². The van der Waals surface area contributed by atoms with Gasteiger partial charge in [-0.3, -0.25) is 9.69 Å². The fourth-order valence-corrected chi connectivity index (χ4v) is 2.12. The second kappa shape index (κ2) is 9.40. The highest BCUT2D eigenvalue weighted by atomic mass is 16.5. The van der Waals surface area contributed by atoms with E-state index in [-0.39, 0.29) is 12.6 Å². The smallest absolute Gasteiger partial charge is 0.317 e. The van der Waals surface area contributed by atoms with Crippen LogP contribution in [0.5, 0.6) is 11.5 Å². The first-order valence-electron chi connectivity index (χ1n) is 8.17. The van der Waals surface area contributed by atoms with E-state index in [1.807, 2.05) is 43.9 Å². The van der Waals surface area contributed by atoms with Gasteiger partial charge in [0.05, 0.1) is 19.8 Å². The molecule has 0 saturated carbocycles. The molecule has 0 saturated heterocycles. The van der Waals surface area contributed by atoms with Gasteiger partial charge in [0.25, 0.3) is 0 Å². The van der Waals surface area contributed by atoms with Gasteiger partial charge in [-0.15, -0.1) is 0 Å². The lowest BCUT2D eigenvalue weighted by Crippen LogP contribution is -2.35. The Bertz CT molecular complexity index is 500. The Kier molecular flexibility index (Phi) is 7.89. The monoisotopic (exact) mass is 323 g/mol. The number of rotatable bonds is 10. The van der Waals surface area contributed by atoms with Gasteiger partial charge in [-0.1, -0.05) is 19.9 Å². The first-order valence-corrected chi connectivity index (χ1v) is 8.17. The van der Waals surface area contributed by atoms with Gasteiger partial charge < -0.3 is 14.6 Å². The van der Waals surface area contributed by atoms with Crippen molar-refractivity contribution in [2.75, 3.05) is 19.8 Å². The van der Waals surface area contributed by atoms with Crippen LogP contribution >= 0.6 is 0 Å². The predicted molar refractivity (Wildman–Crippen MR) is 91.1 cm³/mol. The summed E-state index contributed by atoms with van der Waals surface area (Å²) < 4.78 is 11.5. The number of aliphatic carboxylic acids is 1. The number of nitrogens with zero attached hydrogens (tertiary/aromatic N) is 1. The van der Waals surface area contributed by atoms with E-state index in [4.69, 9.17) is 14.6 Å². The van der Waals surface area contributed by atoms with Gasteiger partial charge >= 0.3 is 5.97 Å². The van der Waals surface area contributed by atoms with E-state index >= 15 is 0 Å². The van der Waals surface area contributed by atoms with Gasteiger partial charge in [0.1, 0.15) is 0 Å². The molecule has 1 N–H and O–H groups in total. The summed E-state index contributed by atoms with van der Waals surface area (Å²) in [6.07, 6.45) is 0. The van der Waals surface area contributed by atoms with Gasteiger partial charge in [0.15, 0.2) is 11.5 Å². The van der Waals surface area contributed by atoms with Gasteiger partial charge in [-0.25, -0.2) is 0 Å². The third kappa shape index (κ3) is 6.91. The summed E-state index contributed by atoms with van der Waals surface area (Å²) in [7, 11) is 0. The van der Waals surface area contributed by atoms with Crippen molar-refractivity contribution in [3.63, 3.8) is 0 Å². The van der Waals surface area contributed by atoms with Crippen molar-refractivity contribution in [1.82, 2.24) is 4.90 Å². The molecule has 1 aromatic carbocycles. The zero-order valence-corrected chi connectivity index (χ0v) is 14.8. The number of hydrogen-bond donors (Lipinski definition) is 1. The molecule has 0 fully saturated rings. The largest absolute Gasteiger partial charge is 0.490 e. The predicted octanol–water partition coefficient (Wildman–Crippen LogP) is 3.42. The quantitative estimate of drug-likeness (QED) is 0.715. The molecule has 130 valence electrons. The minimum absolute atomic E-state index is 0.0211. The Hall–Kier alpha value is -1.75. The first kappa shape index (κ1) is 19.3. The zero-order valence-electron chi connectivity index (χ0n) is 14.8. The molecule has 0 radical (unpaired) electrons. The van der Waals surface area contributed by atoms with Crippen LogP contribution in [-0.2, 0) is 11.3 Å². The molecule has 23 heavy (non-hydrogen) atoms. The summed E-state index contributed by atoms with van der Waals surface area (Å²) in [5.41, 5.74) is 1.01. The molecule has 0 aliphatic heterocycles. The Morgan fingerprint density at radius 2 is 1.87 bits per heavy atom. The van der Waals surface area contributed by atoms with Crippen LogP contribution in [-0.4, -0.2) is 41.8 Å². The van der Waals surface area contributed by atoms with Gasteiger partial charge in [0, 0.05) is 12.6 Å². The van der Waals surface area contributed by atoms with Crippen molar-refractivity contribution in [2.45, 2.75) is 47.2 Å². The Morgan fingerprint density at radius 1 is 1.17 bits per heavy atom. The molecule has 0 aromatic heterocycles.